The van der Waals surface area contributed by atoms with Crippen LogP contribution in [0.4, 0.5) is 0 Å². The van der Waals surface area contributed by atoms with Crippen LogP contribution in [0.25, 0.3) is 0 Å². The maximum atomic E-state index is 11.6. The van der Waals surface area contributed by atoms with Crippen LogP contribution < -0.4 is 0 Å². The fourth-order valence-electron chi connectivity index (χ4n) is 1.18. The summed E-state index contributed by atoms with van der Waals surface area (Å²) in [6, 6.07) is 0.262. The first-order valence-electron chi connectivity index (χ1n) is 4.06. The molecule has 0 radical (unpaired) electrons. The Morgan fingerprint density at radius 1 is 1.58 bits per heavy atom. The Balaban J connectivity index is 2.71. The lowest BCUT2D eigenvalue weighted by Gasteiger charge is -2.39. The minimum atomic E-state index is -2.97. The highest BCUT2D eigenvalue weighted by molar-refractivity contribution is 14.1. The molecule has 12 heavy (non-hydrogen) atoms. The van der Waals surface area contributed by atoms with Crippen LogP contribution in [0, 0.1) is 0 Å². The molecule has 0 amide bonds. The van der Waals surface area contributed by atoms with E-state index in [2.05, 4.69) is 22.6 Å². The summed E-state index contributed by atoms with van der Waals surface area (Å²) in [5.74, 6) is 0. The first kappa shape index (κ1) is 10.7. The van der Waals surface area contributed by atoms with Gasteiger partial charge in [-0.25, -0.2) is 8.42 Å². The average molecular weight is 303 g/mol. The third kappa shape index (κ3) is 1.77. The molecule has 3 nitrogen and oxygen atoms in total. The first-order valence-corrected chi connectivity index (χ1v) is 7.09. The molecule has 0 saturated carbocycles. The molecular formula is C7H14INO2S. The fourth-order valence-corrected chi connectivity index (χ4v) is 3.86. The summed E-state index contributed by atoms with van der Waals surface area (Å²) in [7, 11) is -2.97. The predicted octanol–water partition coefficient (Wildman–Crippen LogP) is 1.23. The Bertz CT molecular complexity index is 248. The standard InChI is InChI=1S/C7H14INO2S/c1-6(2)12(10,11)9-4-3-7(9)5-8/h6-7H,3-5H2,1-2H3. The van der Waals surface area contributed by atoms with Crippen molar-refractivity contribution in [2.45, 2.75) is 31.6 Å². The van der Waals surface area contributed by atoms with E-state index in [0.29, 0.717) is 6.54 Å². The quantitative estimate of drug-likeness (QED) is 0.581. The lowest BCUT2D eigenvalue weighted by atomic mass is 10.1. The van der Waals surface area contributed by atoms with E-state index in [-0.39, 0.29) is 11.3 Å². The van der Waals surface area contributed by atoms with Gasteiger partial charge in [-0.1, -0.05) is 22.6 Å². The van der Waals surface area contributed by atoms with Crippen molar-refractivity contribution in [1.82, 2.24) is 4.31 Å². The summed E-state index contributed by atoms with van der Waals surface area (Å²) in [4.78, 5) is 0. The van der Waals surface area contributed by atoms with Gasteiger partial charge in [-0.05, 0) is 20.3 Å². The largest absolute Gasteiger partial charge is 0.216 e. The van der Waals surface area contributed by atoms with Crippen LogP contribution in [0.3, 0.4) is 0 Å². The third-order valence-corrected chi connectivity index (χ3v) is 5.53. The highest BCUT2D eigenvalue weighted by atomic mass is 127. The Morgan fingerprint density at radius 3 is 2.42 bits per heavy atom. The number of sulfonamides is 1. The van der Waals surface area contributed by atoms with Gasteiger partial charge in [0.05, 0.1) is 5.25 Å². The predicted molar refractivity (Wildman–Crippen MR) is 58.1 cm³/mol. The molecule has 5 heteroatoms. The molecule has 1 atom stereocenters. The van der Waals surface area contributed by atoms with E-state index < -0.39 is 10.0 Å². The summed E-state index contributed by atoms with van der Waals surface area (Å²) < 4.78 is 25.7. The minimum Gasteiger partial charge on any atom is -0.212 e. The van der Waals surface area contributed by atoms with Crippen molar-refractivity contribution < 1.29 is 8.42 Å². The van der Waals surface area contributed by atoms with Gasteiger partial charge >= 0.3 is 0 Å². The monoisotopic (exact) mass is 303 g/mol. The van der Waals surface area contributed by atoms with Gasteiger partial charge in [-0.2, -0.15) is 4.31 Å². The zero-order valence-corrected chi connectivity index (χ0v) is 10.3. The molecule has 1 heterocycles. The fraction of sp³-hybridized carbons (Fsp3) is 1.00. The number of halogens is 1. The highest BCUT2D eigenvalue weighted by Gasteiger charge is 2.37. The van der Waals surface area contributed by atoms with Gasteiger partial charge < -0.3 is 0 Å². The summed E-state index contributed by atoms with van der Waals surface area (Å²) in [5.41, 5.74) is 0. The second-order valence-electron chi connectivity index (χ2n) is 3.30. The van der Waals surface area contributed by atoms with E-state index in [9.17, 15) is 8.42 Å². The van der Waals surface area contributed by atoms with Gasteiger partial charge in [0.2, 0.25) is 10.0 Å². The van der Waals surface area contributed by atoms with Crippen molar-refractivity contribution in [3.63, 3.8) is 0 Å². The zero-order chi connectivity index (χ0) is 9.35. The van der Waals surface area contributed by atoms with Crippen LogP contribution in [0.15, 0.2) is 0 Å². The van der Waals surface area contributed by atoms with Crippen LogP contribution in [0.5, 0.6) is 0 Å². The molecule has 72 valence electrons. The molecule has 0 aromatic rings. The van der Waals surface area contributed by atoms with E-state index in [1.54, 1.807) is 18.2 Å². The maximum absolute atomic E-state index is 11.6. The van der Waals surface area contributed by atoms with Crippen LogP contribution in [-0.2, 0) is 10.0 Å². The van der Waals surface area contributed by atoms with Crippen molar-refractivity contribution in [2.24, 2.45) is 0 Å². The SMILES string of the molecule is CC(C)S(=O)(=O)N1CCC1CI. The summed E-state index contributed by atoms with van der Waals surface area (Å²) in [5, 5.41) is -0.275. The minimum absolute atomic E-state index is 0.262. The summed E-state index contributed by atoms with van der Waals surface area (Å²) >= 11 is 2.24. The second kappa shape index (κ2) is 3.79. The average Bonchev–Trinajstić information content (AvgIpc) is 1.84. The lowest BCUT2D eigenvalue weighted by Crippen LogP contribution is -2.53. The van der Waals surface area contributed by atoms with E-state index in [1.807, 2.05) is 0 Å². The molecule has 1 unspecified atom stereocenters. The number of hydrogen-bond donors (Lipinski definition) is 0. The van der Waals surface area contributed by atoms with Crippen LogP contribution in [-0.4, -0.2) is 35.0 Å². The molecule has 0 bridgehead atoms. The smallest absolute Gasteiger partial charge is 0.212 e. The first-order chi connectivity index (χ1) is 5.50. The van der Waals surface area contributed by atoms with Gasteiger partial charge in [0, 0.05) is 17.0 Å². The molecule has 1 rings (SSSR count). The van der Waals surface area contributed by atoms with Crippen LogP contribution in [0.2, 0.25) is 0 Å². The van der Waals surface area contributed by atoms with E-state index >= 15 is 0 Å². The van der Waals surface area contributed by atoms with Gasteiger partial charge in [0.25, 0.3) is 0 Å². The topological polar surface area (TPSA) is 37.4 Å². The Labute approximate surface area is 87.7 Å². The number of hydrogen-bond acceptors (Lipinski definition) is 2. The molecule has 1 saturated heterocycles. The molecule has 0 aliphatic carbocycles. The molecule has 0 spiro atoms. The number of rotatable bonds is 3. The van der Waals surface area contributed by atoms with Gasteiger partial charge in [-0.15, -0.1) is 0 Å². The van der Waals surface area contributed by atoms with Crippen LogP contribution >= 0.6 is 22.6 Å². The number of nitrogens with zero attached hydrogens (tertiary/aromatic N) is 1. The molecule has 0 aromatic heterocycles. The number of alkyl halides is 1. The van der Waals surface area contributed by atoms with E-state index in [1.165, 1.54) is 0 Å². The van der Waals surface area contributed by atoms with Crippen molar-refractivity contribution in [3.05, 3.63) is 0 Å². The van der Waals surface area contributed by atoms with Crippen LogP contribution in [0.1, 0.15) is 20.3 Å². The molecule has 1 aliphatic heterocycles. The summed E-state index contributed by atoms with van der Waals surface area (Å²) in [6.45, 7) is 4.18. The zero-order valence-electron chi connectivity index (χ0n) is 7.33. The lowest BCUT2D eigenvalue weighted by molar-refractivity contribution is 0.222. The van der Waals surface area contributed by atoms with Crippen molar-refractivity contribution >= 4 is 32.6 Å². The van der Waals surface area contributed by atoms with Crippen molar-refractivity contribution in [3.8, 4) is 0 Å². The molecule has 1 fully saturated rings. The van der Waals surface area contributed by atoms with Gasteiger partial charge in [0.15, 0.2) is 0 Å². The van der Waals surface area contributed by atoms with Crippen molar-refractivity contribution in [1.29, 1.82) is 0 Å². The molecule has 1 aliphatic rings. The van der Waals surface area contributed by atoms with Gasteiger partial charge in [-0.3, -0.25) is 0 Å². The highest BCUT2D eigenvalue weighted by Crippen LogP contribution is 2.25. The maximum Gasteiger partial charge on any atom is 0.216 e. The van der Waals surface area contributed by atoms with E-state index in [4.69, 9.17) is 0 Å². The Hall–Kier alpha value is 0.640. The Morgan fingerprint density at radius 2 is 2.17 bits per heavy atom. The van der Waals surface area contributed by atoms with Crippen molar-refractivity contribution in [2.75, 3.05) is 11.0 Å². The molecule has 0 N–H and O–H groups in total. The normalized spacial score (nSPS) is 25.8. The van der Waals surface area contributed by atoms with Gasteiger partial charge in [0.1, 0.15) is 0 Å². The third-order valence-electron chi connectivity index (χ3n) is 2.19. The summed E-state index contributed by atoms with van der Waals surface area (Å²) in [6.07, 6.45) is 1.02. The molecule has 0 aromatic carbocycles. The molecular weight excluding hydrogens is 289 g/mol. The van der Waals surface area contributed by atoms with E-state index in [0.717, 1.165) is 10.8 Å². The Kier molecular flexibility index (Phi) is 3.39. The second-order valence-corrected chi connectivity index (χ2v) is 6.62.